The molecule has 1 aromatic carbocycles. The maximum atomic E-state index is 12.0. The fourth-order valence-electron chi connectivity index (χ4n) is 1.83. The average Bonchev–Trinajstić information content (AvgIpc) is 2.46. The van der Waals surface area contributed by atoms with Crippen molar-refractivity contribution in [1.82, 2.24) is 4.57 Å². The summed E-state index contributed by atoms with van der Waals surface area (Å²) in [6, 6.07) is 10.3. The van der Waals surface area contributed by atoms with E-state index in [9.17, 15) is 4.79 Å². The van der Waals surface area contributed by atoms with E-state index in [1.54, 1.807) is 24.8 Å². The number of ether oxygens (including phenoxy) is 2. The van der Waals surface area contributed by atoms with E-state index in [2.05, 4.69) is 37.9 Å². The Labute approximate surface area is 171 Å². The number of hydrogen-bond acceptors (Lipinski definition) is 3. The molecule has 0 unspecified atom stereocenters. The van der Waals surface area contributed by atoms with Crippen LogP contribution in [0.1, 0.15) is 0 Å². The van der Waals surface area contributed by atoms with Gasteiger partial charge in [-0.05, 0) is 21.1 Å². The zero-order chi connectivity index (χ0) is 15.4. The minimum Gasteiger partial charge on any atom is -0.491 e. The monoisotopic (exact) mass is 503 g/mol. The Morgan fingerprint density at radius 2 is 1.95 bits per heavy atom. The van der Waals surface area contributed by atoms with Crippen LogP contribution in [0.2, 0.25) is 0 Å². The molecule has 0 bridgehead atoms. The second kappa shape index (κ2) is 9.33. The third-order valence-corrected chi connectivity index (χ3v) is 4.16. The van der Waals surface area contributed by atoms with Gasteiger partial charge in [-0.1, -0.05) is 27.2 Å². The van der Waals surface area contributed by atoms with E-state index in [4.69, 9.17) is 9.47 Å². The topological polar surface area (TPSA) is 40.5 Å². The van der Waals surface area contributed by atoms with Crippen molar-refractivity contribution in [2.24, 2.45) is 7.05 Å². The van der Waals surface area contributed by atoms with Gasteiger partial charge in [-0.25, -0.2) is 0 Å². The molecule has 1 aromatic heterocycles. The van der Waals surface area contributed by atoms with Gasteiger partial charge < -0.3 is 14.0 Å². The van der Waals surface area contributed by atoms with Crippen LogP contribution in [0.15, 0.2) is 38.0 Å². The van der Waals surface area contributed by atoms with Crippen LogP contribution in [0.3, 0.4) is 0 Å². The molecule has 115 valence electrons. The van der Waals surface area contributed by atoms with Crippen LogP contribution in [0, 0.1) is 6.07 Å². The third kappa shape index (κ3) is 4.74. The van der Waals surface area contributed by atoms with Gasteiger partial charge in [0.05, 0.1) is 6.61 Å². The van der Waals surface area contributed by atoms with Crippen LogP contribution in [0.4, 0.5) is 0 Å². The molecule has 4 nitrogen and oxygen atoms in total. The Bertz CT molecular complexity index is 704. The molecule has 0 amide bonds. The molecule has 0 fully saturated rings. The van der Waals surface area contributed by atoms with Crippen molar-refractivity contribution >= 4 is 31.9 Å². The molecule has 1 heterocycles. The molecule has 0 spiro atoms. The molecule has 0 saturated heterocycles. The molecule has 0 N–H and O–H groups in total. The minimum absolute atomic E-state index is 0. The number of aromatic nitrogens is 1. The Morgan fingerprint density at radius 3 is 2.59 bits per heavy atom. The zero-order valence-corrected chi connectivity index (χ0v) is 18.2. The third-order valence-electron chi connectivity index (χ3n) is 2.93. The minimum atomic E-state index is -0.101. The van der Waals surface area contributed by atoms with Gasteiger partial charge in [0, 0.05) is 46.9 Å². The Hall–Kier alpha value is -0.00610. The number of rotatable bonds is 5. The predicted molar refractivity (Wildman–Crippen MR) is 88.7 cm³/mol. The molecular formula is C15H14Br2NO3Y-. The molecular weight excluding hydrogens is 491 g/mol. The Balaban J connectivity index is 0.00000242. The van der Waals surface area contributed by atoms with Crippen LogP contribution >= 0.6 is 31.9 Å². The second-order valence-corrected chi connectivity index (χ2v) is 6.04. The number of methoxy groups -OCH3 is 1. The molecule has 1 radical (unpaired) electrons. The second-order valence-electron chi connectivity index (χ2n) is 4.33. The molecule has 0 aliphatic carbocycles. The quantitative estimate of drug-likeness (QED) is 0.463. The van der Waals surface area contributed by atoms with Crippen LogP contribution < -0.4 is 10.3 Å². The van der Waals surface area contributed by atoms with Gasteiger partial charge in [-0.2, -0.15) is 12.1 Å². The van der Waals surface area contributed by atoms with Gasteiger partial charge in [-0.15, -0.1) is 22.0 Å². The first-order valence-electron chi connectivity index (χ1n) is 6.23. The predicted octanol–water partition coefficient (Wildman–Crippen LogP) is 3.40. The molecule has 7 heteroatoms. The SMILES string of the molecule is COCCOc1ccc(-c2[c-]cc(Br)c(=O)n2C)c(Br)c1.[Y]. The van der Waals surface area contributed by atoms with Gasteiger partial charge in [0.25, 0.3) is 0 Å². The molecule has 0 aliphatic rings. The van der Waals surface area contributed by atoms with E-state index < -0.39 is 0 Å². The average molecular weight is 505 g/mol. The van der Waals surface area contributed by atoms with Crippen LogP contribution in [-0.2, 0) is 44.5 Å². The van der Waals surface area contributed by atoms with Crippen molar-refractivity contribution in [3.05, 3.63) is 49.6 Å². The van der Waals surface area contributed by atoms with Crippen LogP contribution in [-0.4, -0.2) is 24.9 Å². The summed E-state index contributed by atoms with van der Waals surface area (Å²) < 4.78 is 13.4. The first-order chi connectivity index (χ1) is 10.0. The summed E-state index contributed by atoms with van der Waals surface area (Å²) in [6.45, 7) is 1.03. The zero-order valence-electron chi connectivity index (χ0n) is 12.2. The van der Waals surface area contributed by atoms with E-state index in [0.29, 0.717) is 23.4 Å². The summed E-state index contributed by atoms with van der Waals surface area (Å²) in [5, 5.41) is 0. The van der Waals surface area contributed by atoms with Gasteiger partial charge in [0.2, 0.25) is 5.56 Å². The first-order valence-corrected chi connectivity index (χ1v) is 7.82. The standard InChI is InChI=1S/C15H14Br2NO3.Y/c1-18-14(6-5-12(16)15(18)19)11-4-3-10(9-13(11)17)21-8-7-20-2;/h3-5,9H,7-8H2,1-2H3;/q-1;. The number of halogens is 2. The molecule has 0 saturated carbocycles. The smallest absolute Gasteiger partial charge is 0.208 e. The molecule has 2 aromatic rings. The summed E-state index contributed by atoms with van der Waals surface area (Å²) in [6.07, 6.45) is 0. The van der Waals surface area contributed by atoms with Gasteiger partial charge in [0.15, 0.2) is 0 Å². The number of benzene rings is 1. The van der Waals surface area contributed by atoms with E-state index >= 15 is 0 Å². The summed E-state index contributed by atoms with van der Waals surface area (Å²) in [5.41, 5.74) is 1.48. The van der Waals surface area contributed by atoms with Crippen LogP contribution in [0.25, 0.3) is 11.3 Å². The Kier molecular flexibility index (Phi) is 8.50. The van der Waals surface area contributed by atoms with E-state index in [1.807, 2.05) is 18.2 Å². The van der Waals surface area contributed by atoms with Gasteiger partial charge in [-0.3, -0.25) is 4.79 Å². The summed E-state index contributed by atoms with van der Waals surface area (Å²) in [4.78, 5) is 12.0. The van der Waals surface area contributed by atoms with E-state index in [0.717, 1.165) is 15.8 Å². The van der Waals surface area contributed by atoms with Crippen molar-refractivity contribution in [2.45, 2.75) is 0 Å². The van der Waals surface area contributed by atoms with Crippen molar-refractivity contribution in [1.29, 1.82) is 0 Å². The van der Waals surface area contributed by atoms with Crippen molar-refractivity contribution in [3.8, 4) is 17.0 Å². The van der Waals surface area contributed by atoms with E-state index in [-0.39, 0.29) is 38.3 Å². The summed E-state index contributed by atoms with van der Waals surface area (Å²) >= 11 is 6.72. The largest absolute Gasteiger partial charge is 0.491 e. The first kappa shape index (κ1) is 20.0. The maximum absolute atomic E-state index is 12.0. The number of hydrogen-bond donors (Lipinski definition) is 0. The van der Waals surface area contributed by atoms with Crippen molar-refractivity contribution in [3.63, 3.8) is 0 Å². The maximum Gasteiger partial charge on any atom is 0.208 e. The fraction of sp³-hybridized carbons (Fsp3) is 0.267. The van der Waals surface area contributed by atoms with Crippen LogP contribution in [0.5, 0.6) is 5.75 Å². The summed E-state index contributed by atoms with van der Waals surface area (Å²) in [7, 11) is 3.35. The molecule has 0 atom stereocenters. The molecule has 0 aliphatic heterocycles. The Morgan fingerprint density at radius 1 is 1.23 bits per heavy atom. The number of nitrogens with zero attached hydrogens (tertiary/aromatic N) is 1. The number of pyridine rings is 1. The fourth-order valence-corrected chi connectivity index (χ4v) is 2.76. The van der Waals surface area contributed by atoms with Gasteiger partial charge >= 0.3 is 0 Å². The van der Waals surface area contributed by atoms with Crippen molar-refractivity contribution in [2.75, 3.05) is 20.3 Å². The van der Waals surface area contributed by atoms with Gasteiger partial charge in [0.1, 0.15) is 12.4 Å². The molecule has 22 heavy (non-hydrogen) atoms. The molecule has 2 rings (SSSR count). The van der Waals surface area contributed by atoms with E-state index in [1.165, 1.54) is 0 Å². The summed E-state index contributed by atoms with van der Waals surface area (Å²) in [5.74, 6) is 0.741. The van der Waals surface area contributed by atoms with Crippen molar-refractivity contribution < 1.29 is 42.2 Å². The normalized spacial score (nSPS) is 10.2.